The van der Waals surface area contributed by atoms with E-state index >= 15 is 0 Å². The summed E-state index contributed by atoms with van der Waals surface area (Å²) in [5.41, 5.74) is 1.01. The zero-order valence-electron chi connectivity index (χ0n) is 8.05. The molecule has 1 aromatic carbocycles. The summed E-state index contributed by atoms with van der Waals surface area (Å²) >= 11 is 0. The minimum Gasteiger partial charge on any atom is -0.299 e. The molecule has 0 radical (unpaired) electrons. The summed E-state index contributed by atoms with van der Waals surface area (Å²) in [6.07, 6.45) is 0.670. The van der Waals surface area contributed by atoms with Gasteiger partial charge in [-0.3, -0.25) is 4.79 Å². The highest BCUT2D eigenvalue weighted by molar-refractivity contribution is 5.82. The van der Waals surface area contributed by atoms with Crippen LogP contribution in [0.5, 0.6) is 0 Å². The van der Waals surface area contributed by atoms with Crippen molar-refractivity contribution in [1.29, 1.82) is 0 Å². The summed E-state index contributed by atoms with van der Waals surface area (Å²) in [4.78, 5) is 11.6. The molecule has 0 atom stereocenters. The molecule has 0 fully saturated rings. The van der Waals surface area contributed by atoms with Gasteiger partial charge in [0, 0.05) is 6.42 Å². The summed E-state index contributed by atoms with van der Waals surface area (Å²) in [7, 11) is 0. The maximum atomic E-state index is 11.6. The van der Waals surface area contributed by atoms with Crippen LogP contribution in [0.2, 0.25) is 0 Å². The van der Waals surface area contributed by atoms with Crippen molar-refractivity contribution < 1.29 is 4.79 Å². The summed E-state index contributed by atoms with van der Waals surface area (Å²) in [6, 6.07) is 9.61. The molecular formula is C10H10N4O. The van der Waals surface area contributed by atoms with E-state index in [0.29, 0.717) is 12.2 Å². The molecule has 0 unspecified atom stereocenters. The topological polar surface area (TPSA) is 71.5 Å². The van der Waals surface area contributed by atoms with Crippen LogP contribution in [0.3, 0.4) is 0 Å². The number of nitrogens with one attached hydrogen (secondary N) is 1. The Morgan fingerprint density at radius 3 is 2.67 bits per heavy atom. The van der Waals surface area contributed by atoms with Crippen LogP contribution in [0.1, 0.15) is 11.4 Å². The highest BCUT2D eigenvalue weighted by Crippen LogP contribution is 2.01. The van der Waals surface area contributed by atoms with E-state index in [0.717, 1.165) is 5.56 Å². The van der Waals surface area contributed by atoms with Crippen molar-refractivity contribution in [2.24, 2.45) is 0 Å². The lowest BCUT2D eigenvalue weighted by atomic mass is 10.1. The molecule has 0 amide bonds. The van der Waals surface area contributed by atoms with Gasteiger partial charge < -0.3 is 0 Å². The van der Waals surface area contributed by atoms with Crippen molar-refractivity contribution in [2.75, 3.05) is 0 Å². The number of hydrogen-bond donors (Lipinski definition) is 1. The number of benzene rings is 1. The normalized spacial score (nSPS) is 10.1. The Hall–Kier alpha value is -2.04. The van der Waals surface area contributed by atoms with Crippen LogP contribution in [0, 0.1) is 0 Å². The highest BCUT2D eigenvalue weighted by Gasteiger charge is 2.07. The smallest absolute Gasteiger partial charge is 0.155 e. The molecule has 1 N–H and O–H groups in total. The molecule has 1 aromatic heterocycles. The van der Waals surface area contributed by atoms with Gasteiger partial charge in [0.1, 0.15) is 5.78 Å². The molecule has 2 rings (SSSR count). The first kappa shape index (κ1) is 9.51. The fraction of sp³-hybridized carbons (Fsp3) is 0.200. The van der Waals surface area contributed by atoms with E-state index in [2.05, 4.69) is 20.6 Å². The number of hydrogen-bond acceptors (Lipinski definition) is 4. The van der Waals surface area contributed by atoms with Gasteiger partial charge >= 0.3 is 0 Å². The Labute approximate surface area is 86.5 Å². The lowest BCUT2D eigenvalue weighted by Gasteiger charge is -1.98. The van der Waals surface area contributed by atoms with Gasteiger partial charge in [-0.1, -0.05) is 30.3 Å². The molecule has 0 spiro atoms. The first-order valence-electron chi connectivity index (χ1n) is 4.63. The molecule has 0 saturated heterocycles. The number of aromatic nitrogens is 4. The molecule has 0 aliphatic rings. The average Bonchev–Trinajstić information content (AvgIpc) is 2.71. The largest absolute Gasteiger partial charge is 0.299 e. The number of nitrogens with zero attached hydrogens (tertiary/aromatic N) is 3. The maximum absolute atomic E-state index is 11.6. The monoisotopic (exact) mass is 202 g/mol. The van der Waals surface area contributed by atoms with Crippen LogP contribution in [0.25, 0.3) is 0 Å². The van der Waals surface area contributed by atoms with Gasteiger partial charge in [0.25, 0.3) is 0 Å². The summed E-state index contributed by atoms with van der Waals surface area (Å²) in [5, 5.41) is 13.0. The van der Waals surface area contributed by atoms with E-state index < -0.39 is 0 Å². The molecule has 0 saturated carbocycles. The van der Waals surface area contributed by atoms with Crippen molar-refractivity contribution in [3.63, 3.8) is 0 Å². The lowest BCUT2D eigenvalue weighted by molar-refractivity contribution is -0.117. The Balaban J connectivity index is 1.94. The second kappa shape index (κ2) is 4.45. The third-order valence-electron chi connectivity index (χ3n) is 2.00. The lowest BCUT2D eigenvalue weighted by Crippen LogP contribution is -2.07. The third-order valence-corrected chi connectivity index (χ3v) is 2.00. The Kier molecular flexibility index (Phi) is 2.82. The fourth-order valence-electron chi connectivity index (χ4n) is 1.33. The van der Waals surface area contributed by atoms with E-state index in [1.54, 1.807) is 0 Å². The number of carbonyl (C=O) groups excluding carboxylic acids is 1. The van der Waals surface area contributed by atoms with Crippen molar-refractivity contribution >= 4 is 5.78 Å². The van der Waals surface area contributed by atoms with Crippen molar-refractivity contribution in [3.8, 4) is 0 Å². The SMILES string of the molecule is O=C(Cc1ccccc1)Cc1nnn[nH]1. The minimum atomic E-state index is 0.0970. The zero-order chi connectivity index (χ0) is 10.5. The van der Waals surface area contributed by atoms with Crippen LogP contribution in [-0.2, 0) is 17.6 Å². The highest BCUT2D eigenvalue weighted by atomic mass is 16.1. The van der Waals surface area contributed by atoms with E-state index in [1.165, 1.54) is 0 Å². The van der Waals surface area contributed by atoms with E-state index in [9.17, 15) is 4.79 Å². The summed E-state index contributed by atoms with van der Waals surface area (Å²) < 4.78 is 0. The molecule has 0 bridgehead atoms. The maximum Gasteiger partial charge on any atom is 0.155 e. The fourth-order valence-corrected chi connectivity index (χ4v) is 1.33. The molecule has 76 valence electrons. The van der Waals surface area contributed by atoms with Gasteiger partial charge in [0.15, 0.2) is 5.82 Å². The van der Waals surface area contributed by atoms with Crippen LogP contribution in [0.4, 0.5) is 0 Å². The molecule has 5 nitrogen and oxygen atoms in total. The second-order valence-corrected chi connectivity index (χ2v) is 3.23. The van der Waals surface area contributed by atoms with Crippen LogP contribution in [0.15, 0.2) is 30.3 Å². The number of H-pyrrole nitrogens is 1. The molecular weight excluding hydrogens is 192 g/mol. The third kappa shape index (κ3) is 2.70. The number of ketones is 1. The standard InChI is InChI=1S/C10H10N4O/c15-9(7-10-11-13-14-12-10)6-8-4-2-1-3-5-8/h1-5H,6-7H2,(H,11,12,13,14). The van der Waals surface area contributed by atoms with Gasteiger partial charge in [-0.25, -0.2) is 5.10 Å². The number of tetrazole rings is 1. The Morgan fingerprint density at radius 2 is 2.00 bits per heavy atom. The van der Waals surface area contributed by atoms with E-state index in [4.69, 9.17) is 0 Å². The Bertz CT molecular complexity index is 424. The number of rotatable bonds is 4. The van der Waals surface area contributed by atoms with Gasteiger partial charge in [-0.05, 0) is 16.0 Å². The summed E-state index contributed by atoms with van der Waals surface area (Å²) in [6.45, 7) is 0. The molecule has 0 aliphatic carbocycles. The zero-order valence-corrected chi connectivity index (χ0v) is 8.05. The van der Waals surface area contributed by atoms with Crippen LogP contribution in [-0.4, -0.2) is 26.4 Å². The second-order valence-electron chi connectivity index (χ2n) is 3.23. The summed E-state index contributed by atoms with van der Waals surface area (Å²) in [5.74, 6) is 0.607. The number of carbonyl (C=O) groups is 1. The van der Waals surface area contributed by atoms with E-state index in [-0.39, 0.29) is 12.2 Å². The van der Waals surface area contributed by atoms with Crippen LogP contribution >= 0.6 is 0 Å². The quantitative estimate of drug-likeness (QED) is 0.786. The molecule has 2 aromatic rings. The molecule has 5 heteroatoms. The van der Waals surface area contributed by atoms with Crippen molar-refractivity contribution in [1.82, 2.24) is 20.6 Å². The van der Waals surface area contributed by atoms with Crippen molar-refractivity contribution in [3.05, 3.63) is 41.7 Å². The number of Topliss-reactive ketones (excluding diaryl/α,β-unsaturated/α-hetero) is 1. The average molecular weight is 202 g/mol. The van der Waals surface area contributed by atoms with Gasteiger partial charge in [0.05, 0.1) is 6.42 Å². The predicted octanol–water partition coefficient (Wildman–Crippen LogP) is 0.554. The van der Waals surface area contributed by atoms with Crippen LogP contribution < -0.4 is 0 Å². The van der Waals surface area contributed by atoms with E-state index in [1.807, 2.05) is 30.3 Å². The van der Waals surface area contributed by atoms with Gasteiger partial charge in [0.2, 0.25) is 0 Å². The first-order valence-corrected chi connectivity index (χ1v) is 4.63. The molecule has 1 heterocycles. The Morgan fingerprint density at radius 1 is 1.20 bits per heavy atom. The van der Waals surface area contributed by atoms with Gasteiger partial charge in [-0.15, -0.1) is 5.10 Å². The van der Waals surface area contributed by atoms with Crippen molar-refractivity contribution in [2.45, 2.75) is 12.8 Å². The predicted molar refractivity (Wildman–Crippen MR) is 53.0 cm³/mol. The van der Waals surface area contributed by atoms with Gasteiger partial charge in [-0.2, -0.15) is 0 Å². The number of aromatic amines is 1. The first-order chi connectivity index (χ1) is 7.34. The minimum absolute atomic E-state index is 0.0970. The molecule has 15 heavy (non-hydrogen) atoms. The molecule has 0 aliphatic heterocycles.